The summed E-state index contributed by atoms with van der Waals surface area (Å²) >= 11 is 0. The van der Waals surface area contributed by atoms with Crippen LogP contribution in [0, 0.1) is 0 Å². The van der Waals surface area contributed by atoms with Gasteiger partial charge in [0.15, 0.2) is 5.75 Å². The molecule has 0 aliphatic rings. The van der Waals surface area contributed by atoms with Gasteiger partial charge in [-0.05, 0) is 12.1 Å². The molecule has 0 saturated carbocycles. The number of carbonyl (C=O) groups is 1. The van der Waals surface area contributed by atoms with Crippen LogP contribution in [0.3, 0.4) is 0 Å². The van der Waals surface area contributed by atoms with Crippen molar-refractivity contribution in [2.75, 3.05) is 5.73 Å². The van der Waals surface area contributed by atoms with E-state index in [0.29, 0.717) is 11.4 Å². The number of nitrogens with two attached hydrogens (primary N) is 1. The van der Waals surface area contributed by atoms with Crippen LogP contribution in [0.4, 0.5) is 5.69 Å². The maximum Gasteiger partial charge on any atom is 0.354 e. The highest BCUT2D eigenvalue weighted by molar-refractivity contribution is 5.85. The lowest BCUT2D eigenvalue weighted by Gasteiger charge is -2.07. The zero-order valence-corrected chi connectivity index (χ0v) is 9.12. The van der Waals surface area contributed by atoms with Crippen molar-refractivity contribution in [2.45, 2.75) is 0 Å². The molecule has 88 valence electrons. The maximum absolute atomic E-state index is 10.8. The van der Waals surface area contributed by atoms with E-state index in [2.05, 4.69) is 4.98 Å². The molecule has 0 saturated heterocycles. The van der Waals surface area contributed by atoms with Crippen molar-refractivity contribution in [2.24, 2.45) is 7.05 Å². The number of anilines is 1. The molecule has 0 fully saturated rings. The number of ether oxygens (including phenoxy) is 1. The van der Waals surface area contributed by atoms with Crippen LogP contribution in [0.2, 0.25) is 0 Å². The van der Waals surface area contributed by atoms with Crippen LogP contribution >= 0.6 is 0 Å². The maximum atomic E-state index is 10.8. The lowest BCUT2D eigenvalue weighted by atomic mass is 10.3. The van der Waals surface area contributed by atoms with Gasteiger partial charge in [-0.3, -0.25) is 4.57 Å². The van der Waals surface area contributed by atoms with Gasteiger partial charge in [0.2, 0.25) is 0 Å². The Balaban J connectivity index is 2.31. The van der Waals surface area contributed by atoms with Gasteiger partial charge in [0.05, 0.1) is 11.9 Å². The van der Waals surface area contributed by atoms with Crippen LogP contribution in [0.15, 0.2) is 30.5 Å². The summed E-state index contributed by atoms with van der Waals surface area (Å²) in [4.78, 5) is 14.7. The minimum Gasteiger partial charge on any atom is -0.477 e. The fraction of sp³-hybridized carbons (Fsp3) is 0.0909. The number of para-hydroxylation sites is 2. The standard InChI is InChI=1S/C11H11N3O3/c1-14-8(10(15)16)6-13-11(14)17-9-5-3-2-4-7(9)12/h2-6H,12H2,1H3,(H,15,16). The van der Waals surface area contributed by atoms with Crippen LogP contribution < -0.4 is 10.5 Å². The molecule has 0 atom stereocenters. The van der Waals surface area contributed by atoms with E-state index in [9.17, 15) is 4.79 Å². The number of aromatic carboxylic acids is 1. The third-order valence-corrected chi connectivity index (χ3v) is 2.28. The molecule has 0 spiro atoms. The van der Waals surface area contributed by atoms with E-state index in [4.69, 9.17) is 15.6 Å². The summed E-state index contributed by atoms with van der Waals surface area (Å²) < 4.78 is 6.78. The zero-order chi connectivity index (χ0) is 12.4. The van der Waals surface area contributed by atoms with Gasteiger partial charge < -0.3 is 15.6 Å². The summed E-state index contributed by atoms with van der Waals surface area (Å²) in [6, 6.07) is 7.11. The molecule has 1 heterocycles. The number of hydrogen-bond donors (Lipinski definition) is 2. The first kappa shape index (κ1) is 11.0. The molecule has 0 radical (unpaired) electrons. The Kier molecular flexibility index (Phi) is 2.70. The smallest absolute Gasteiger partial charge is 0.354 e. The topological polar surface area (TPSA) is 90.4 Å². The first-order chi connectivity index (χ1) is 8.09. The second-order valence-corrected chi connectivity index (χ2v) is 3.43. The predicted octanol–water partition coefficient (Wildman–Crippen LogP) is 1.49. The first-order valence-electron chi connectivity index (χ1n) is 4.87. The fourth-order valence-corrected chi connectivity index (χ4v) is 1.36. The van der Waals surface area contributed by atoms with Crippen LogP contribution in [-0.2, 0) is 7.05 Å². The molecule has 2 aromatic rings. The molecular weight excluding hydrogens is 222 g/mol. The van der Waals surface area contributed by atoms with Crippen LogP contribution in [0.25, 0.3) is 0 Å². The van der Waals surface area contributed by atoms with E-state index in [0.717, 1.165) is 0 Å². The van der Waals surface area contributed by atoms with Gasteiger partial charge in [-0.25, -0.2) is 9.78 Å². The van der Waals surface area contributed by atoms with Crippen molar-refractivity contribution < 1.29 is 14.6 Å². The third-order valence-electron chi connectivity index (χ3n) is 2.28. The SMILES string of the molecule is Cn1c(C(=O)O)cnc1Oc1ccccc1N. The molecule has 6 nitrogen and oxygen atoms in total. The van der Waals surface area contributed by atoms with E-state index in [1.54, 1.807) is 31.3 Å². The molecule has 2 rings (SSSR count). The van der Waals surface area contributed by atoms with E-state index in [1.807, 2.05) is 0 Å². The van der Waals surface area contributed by atoms with Crippen molar-refractivity contribution >= 4 is 11.7 Å². The minimum absolute atomic E-state index is 0.0505. The fourth-order valence-electron chi connectivity index (χ4n) is 1.36. The molecule has 1 aromatic heterocycles. The average molecular weight is 233 g/mol. The lowest BCUT2D eigenvalue weighted by Crippen LogP contribution is -2.05. The molecule has 1 aromatic carbocycles. The normalized spacial score (nSPS) is 10.2. The molecule has 3 N–H and O–H groups in total. The van der Waals surface area contributed by atoms with Gasteiger partial charge in [-0.1, -0.05) is 12.1 Å². The van der Waals surface area contributed by atoms with Gasteiger partial charge >= 0.3 is 12.0 Å². The number of carboxylic acid groups (broad SMARTS) is 1. The van der Waals surface area contributed by atoms with Crippen LogP contribution in [0.1, 0.15) is 10.5 Å². The summed E-state index contributed by atoms with van der Waals surface area (Å²) in [7, 11) is 1.56. The summed E-state index contributed by atoms with van der Waals surface area (Å²) in [6.45, 7) is 0. The Labute approximate surface area is 97.3 Å². The molecule has 0 amide bonds. The first-order valence-corrected chi connectivity index (χ1v) is 4.87. The molecule has 0 unspecified atom stereocenters. The van der Waals surface area contributed by atoms with Crippen LogP contribution in [0.5, 0.6) is 11.8 Å². The third kappa shape index (κ3) is 2.05. The number of benzene rings is 1. The van der Waals surface area contributed by atoms with Gasteiger partial charge in [0, 0.05) is 7.05 Å². The average Bonchev–Trinajstić information content (AvgIpc) is 2.64. The Morgan fingerprint density at radius 1 is 1.47 bits per heavy atom. The van der Waals surface area contributed by atoms with E-state index >= 15 is 0 Å². The second-order valence-electron chi connectivity index (χ2n) is 3.43. The van der Waals surface area contributed by atoms with Gasteiger partial charge in [-0.15, -0.1) is 0 Å². The molecule has 0 bridgehead atoms. The highest BCUT2D eigenvalue weighted by Crippen LogP contribution is 2.26. The molecule has 17 heavy (non-hydrogen) atoms. The minimum atomic E-state index is -1.06. The largest absolute Gasteiger partial charge is 0.477 e. The number of rotatable bonds is 3. The monoisotopic (exact) mass is 233 g/mol. The van der Waals surface area contributed by atoms with Crippen LogP contribution in [-0.4, -0.2) is 20.6 Å². The highest BCUT2D eigenvalue weighted by Gasteiger charge is 2.14. The number of aromatic nitrogens is 2. The summed E-state index contributed by atoms with van der Waals surface area (Å²) in [5.41, 5.74) is 6.22. The molecule has 6 heteroatoms. The number of hydrogen-bond acceptors (Lipinski definition) is 4. The Morgan fingerprint density at radius 2 is 2.18 bits per heavy atom. The lowest BCUT2D eigenvalue weighted by molar-refractivity contribution is 0.0685. The number of imidazole rings is 1. The van der Waals surface area contributed by atoms with Crippen molar-refractivity contribution in [3.8, 4) is 11.8 Å². The summed E-state index contributed by atoms with van der Waals surface area (Å²) in [5.74, 6) is -0.617. The van der Waals surface area contributed by atoms with Gasteiger partial charge in [0.1, 0.15) is 5.69 Å². The summed E-state index contributed by atoms with van der Waals surface area (Å²) in [5, 5.41) is 8.86. The van der Waals surface area contributed by atoms with Crippen molar-refractivity contribution in [1.82, 2.24) is 9.55 Å². The molecular formula is C11H11N3O3. The molecule has 0 aliphatic carbocycles. The molecule has 0 aliphatic heterocycles. The Morgan fingerprint density at radius 3 is 2.76 bits per heavy atom. The Bertz CT molecular complexity index is 563. The Hall–Kier alpha value is -2.50. The van der Waals surface area contributed by atoms with Gasteiger partial charge in [-0.2, -0.15) is 0 Å². The van der Waals surface area contributed by atoms with E-state index in [-0.39, 0.29) is 11.7 Å². The van der Waals surface area contributed by atoms with Crippen molar-refractivity contribution in [3.63, 3.8) is 0 Å². The van der Waals surface area contributed by atoms with E-state index in [1.165, 1.54) is 10.8 Å². The number of carboxylic acids is 1. The van der Waals surface area contributed by atoms with Crippen molar-refractivity contribution in [3.05, 3.63) is 36.2 Å². The zero-order valence-electron chi connectivity index (χ0n) is 9.12. The van der Waals surface area contributed by atoms with E-state index < -0.39 is 5.97 Å². The number of nitrogen functional groups attached to an aromatic ring is 1. The quantitative estimate of drug-likeness (QED) is 0.784. The number of nitrogens with zero attached hydrogens (tertiary/aromatic N) is 2. The second kappa shape index (κ2) is 4.17. The predicted molar refractivity (Wildman–Crippen MR) is 61.1 cm³/mol. The summed E-state index contributed by atoms with van der Waals surface area (Å²) in [6.07, 6.45) is 1.23. The van der Waals surface area contributed by atoms with Crippen molar-refractivity contribution in [1.29, 1.82) is 0 Å². The van der Waals surface area contributed by atoms with Gasteiger partial charge in [0.25, 0.3) is 0 Å². The highest BCUT2D eigenvalue weighted by atomic mass is 16.5.